The van der Waals surface area contributed by atoms with E-state index in [4.69, 9.17) is 18.9 Å². The average Bonchev–Trinajstić information content (AvgIpc) is 3.85. The van der Waals surface area contributed by atoms with Crippen LogP contribution in [0.1, 0.15) is 81.4 Å². The smallest absolute Gasteiger partial charge is 0.130 e. The third-order valence-electron chi connectivity index (χ3n) is 7.91. The number of hydrogen-bond acceptors (Lipinski definition) is 4. The Morgan fingerprint density at radius 2 is 1.69 bits per heavy atom. The molecule has 1 aliphatic carbocycles. The standard InChI is InChI=1S/C32H42O4/c1-3-5-7-23(4-2)18-27-8-6-9-31(32(27)36-22-30-21-35-30)26-12-10-24(11-13-26)25-14-16-28(17-15-25)33-19-29-20-34-29/h6,8-9,12,14-17,23-24,29-30H,3-5,7,10-11,13,18-22H2,1-2H3. The van der Waals surface area contributed by atoms with Gasteiger partial charge in [0.25, 0.3) is 0 Å². The van der Waals surface area contributed by atoms with Gasteiger partial charge in [0.1, 0.15) is 36.9 Å². The second-order valence-electron chi connectivity index (χ2n) is 10.7. The van der Waals surface area contributed by atoms with Crippen LogP contribution in [0.5, 0.6) is 11.5 Å². The molecule has 0 spiro atoms. The Morgan fingerprint density at radius 1 is 0.944 bits per heavy atom. The SMILES string of the molecule is CCCCC(CC)Cc1cccc(C2=CCC(c3ccc(OCC4CO4)cc3)CC2)c1OCC1CO1. The second-order valence-corrected chi connectivity index (χ2v) is 10.7. The van der Waals surface area contributed by atoms with Crippen molar-refractivity contribution in [3.05, 3.63) is 65.2 Å². The molecule has 0 saturated carbocycles. The second kappa shape index (κ2) is 12.3. The summed E-state index contributed by atoms with van der Waals surface area (Å²) in [4.78, 5) is 0. The van der Waals surface area contributed by atoms with Gasteiger partial charge in [-0.1, -0.05) is 75.9 Å². The van der Waals surface area contributed by atoms with Crippen molar-refractivity contribution in [2.45, 2.75) is 83.3 Å². The highest BCUT2D eigenvalue weighted by molar-refractivity contribution is 5.73. The van der Waals surface area contributed by atoms with Gasteiger partial charge in [0.05, 0.1) is 13.2 Å². The number of rotatable bonds is 14. The third kappa shape index (κ3) is 6.92. The molecule has 2 aromatic rings. The molecule has 2 aromatic carbocycles. The quantitative estimate of drug-likeness (QED) is 0.260. The molecular formula is C32H42O4. The van der Waals surface area contributed by atoms with E-state index in [0.29, 0.717) is 31.2 Å². The highest BCUT2D eigenvalue weighted by Gasteiger charge is 2.26. The molecule has 0 bridgehead atoms. The summed E-state index contributed by atoms with van der Waals surface area (Å²) in [5.74, 6) is 3.31. The number of hydrogen-bond donors (Lipinski definition) is 0. The summed E-state index contributed by atoms with van der Waals surface area (Å²) in [6.45, 7) is 7.58. The Balaban J connectivity index is 1.28. The van der Waals surface area contributed by atoms with Crippen molar-refractivity contribution >= 4 is 5.57 Å². The van der Waals surface area contributed by atoms with Crippen LogP contribution in [0, 0.1) is 5.92 Å². The Kier molecular flexibility index (Phi) is 8.66. The molecule has 2 aliphatic heterocycles. The first-order chi connectivity index (χ1) is 17.7. The maximum atomic E-state index is 6.48. The fourth-order valence-corrected chi connectivity index (χ4v) is 5.33. The molecule has 2 saturated heterocycles. The minimum atomic E-state index is 0.265. The minimum Gasteiger partial charge on any atom is -0.491 e. The Morgan fingerprint density at radius 3 is 2.33 bits per heavy atom. The van der Waals surface area contributed by atoms with E-state index in [-0.39, 0.29) is 6.10 Å². The molecule has 4 nitrogen and oxygen atoms in total. The highest BCUT2D eigenvalue weighted by atomic mass is 16.6. The van der Waals surface area contributed by atoms with Crippen LogP contribution >= 0.6 is 0 Å². The maximum Gasteiger partial charge on any atom is 0.130 e. The van der Waals surface area contributed by atoms with Crippen LogP contribution in [0.4, 0.5) is 0 Å². The number of epoxide rings is 2. The molecule has 5 rings (SSSR count). The topological polar surface area (TPSA) is 43.5 Å². The molecule has 0 radical (unpaired) electrons. The molecule has 0 aromatic heterocycles. The van der Waals surface area contributed by atoms with Gasteiger partial charge >= 0.3 is 0 Å². The van der Waals surface area contributed by atoms with Gasteiger partial charge in [0.15, 0.2) is 0 Å². The summed E-state index contributed by atoms with van der Waals surface area (Å²) in [6.07, 6.45) is 12.5. The molecule has 0 amide bonds. The predicted octanol–water partition coefficient (Wildman–Crippen LogP) is 7.35. The van der Waals surface area contributed by atoms with Crippen molar-refractivity contribution in [3.63, 3.8) is 0 Å². The highest BCUT2D eigenvalue weighted by Crippen LogP contribution is 2.41. The Labute approximate surface area is 217 Å². The zero-order valence-electron chi connectivity index (χ0n) is 22.0. The van der Waals surface area contributed by atoms with E-state index in [2.05, 4.69) is 62.4 Å². The largest absolute Gasteiger partial charge is 0.491 e. The van der Waals surface area contributed by atoms with Crippen LogP contribution in [0.25, 0.3) is 5.57 Å². The van der Waals surface area contributed by atoms with Gasteiger partial charge in [-0.25, -0.2) is 0 Å². The lowest BCUT2D eigenvalue weighted by Gasteiger charge is -2.25. The molecule has 4 atom stereocenters. The zero-order valence-corrected chi connectivity index (χ0v) is 22.0. The third-order valence-corrected chi connectivity index (χ3v) is 7.91. The monoisotopic (exact) mass is 490 g/mol. The summed E-state index contributed by atoms with van der Waals surface area (Å²) >= 11 is 0. The molecule has 0 N–H and O–H groups in total. The first-order valence-electron chi connectivity index (χ1n) is 14.1. The van der Waals surface area contributed by atoms with Gasteiger partial charge in [-0.2, -0.15) is 0 Å². The number of ether oxygens (including phenoxy) is 4. The van der Waals surface area contributed by atoms with E-state index in [0.717, 1.165) is 50.4 Å². The number of benzene rings is 2. The molecule has 3 aliphatic rings. The van der Waals surface area contributed by atoms with Gasteiger partial charge in [-0.15, -0.1) is 0 Å². The molecule has 2 fully saturated rings. The number of para-hydroxylation sites is 1. The van der Waals surface area contributed by atoms with Crippen molar-refractivity contribution in [3.8, 4) is 11.5 Å². The summed E-state index contributed by atoms with van der Waals surface area (Å²) in [6, 6.07) is 15.5. The molecular weight excluding hydrogens is 448 g/mol. The van der Waals surface area contributed by atoms with Crippen molar-refractivity contribution in [1.29, 1.82) is 0 Å². The van der Waals surface area contributed by atoms with E-state index in [1.54, 1.807) is 0 Å². The molecule has 4 unspecified atom stereocenters. The fourth-order valence-electron chi connectivity index (χ4n) is 5.33. The van der Waals surface area contributed by atoms with E-state index in [1.807, 2.05) is 0 Å². The van der Waals surface area contributed by atoms with Crippen LogP contribution in [0.15, 0.2) is 48.5 Å². The van der Waals surface area contributed by atoms with E-state index >= 15 is 0 Å². The van der Waals surface area contributed by atoms with Gasteiger partial charge in [0.2, 0.25) is 0 Å². The lowest BCUT2D eigenvalue weighted by atomic mass is 9.81. The van der Waals surface area contributed by atoms with Crippen molar-refractivity contribution in [2.75, 3.05) is 26.4 Å². The molecule has 2 heterocycles. The zero-order chi connectivity index (χ0) is 24.7. The fraction of sp³-hybridized carbons (Fsp3) is 0.562. The van der Waals surface area contributed by atoms with Gasteiger partial charge < -0.3 is 18.9 Å². The van der Waals surface area contributed by atoms with E-state index < -0.39 is 0 Å². The van der Waals surface area contributed by atoms with Crippen LogP contribution in [-0.2, 0) is 15.9 Å². The first-order valence-corrected chi connectivity index (χ1v) is 14.1. The van der Waals surface area contributed by atoms with Gasteiger partial charge in [0, 0.05) is 5.56 Å². The first kappa shape index (κ1) is 25.4. The van der Waals surface area contributed by atoms with Crippen LogP contribution < -0.4 is 9.47 Å². The summed E-state index contributed by atoms with van der Waals surface area (Å²) in [7, 11) is 0. The van der Waals surface area contributed by atoms with Crippen LogP contribution in [0.2, 0.25) is 0 Å². The average molecular weight is 491 g/mol. The summed E-state index contributed by atoms with van der Waals surface area (Å²) in [5, 5.41) is 0. The van der Waals surface area contributed by atoms with Gasteiger partial charge in [-0.3, -0.25) is 0 Å². The van der Waals surface area contributed by atoms with E-state index in [1.165, 1.54) is 47.9 Å². The van der Waals surface area contributed by atoms with E-state index in [9.17, 15) is 0 Å². The number of unbranched alkanes of at least 4 members (excludes halogenated alkanes) is 1. The van der Waals surface area contributed by atoms with Crippen molar-refractivity contribution < 1.29 is 18.9 Å². The van der Waals surface area contributed by atoms with Gasteiger partial charge in [-0.05, 0) is 66.4 Å². The minimum absolute atomic E-state index is 0.265. The molecule has 36 heavy (non-hydrogen) atoms. The lowest BCUT2D eigenvalue weighted by Crippen LogP contribution is -2.12. The molecule has 194 valence electrons. The van der Waals surface area contributed by atoms with Crippen molar-refractivity contribution in [1.82, 2.24) is 0 Å². The van der Waals surface area contributed by atoms with Crippen LogP contribution in [0.3, 0.4) is 0 Å². The summed E-state index contributed by atoms with van der Waals surface area (Å²) in [5.41, 5.74) is 5.50. The van der Waals surface area contributed by atoms with Crippen LogP contribution in [-0.4, -0.2) is 38.6 Å². The lowest BCUT2D eigenvalue weighted by molar-refractivity contribution is 0.259. The normalized spacial score (nSPS) is 23.6. The predicted molar refractivity (Wildman–Crippen MR) is 145 cm³/mol. The Bertz CT molecular complexity index is 1000. The number of allylic oxidation sites excluding steroid dienone is 2. The Hall–Kier alpha value is -2.30. The summed E-state index contributed by atoms with van der Waals surface area (Å²) < 4.78 is 23.0. The maximum absolute atomic E-state index is 6.48. The van der Waals surface area contributed by atoms with Crippen molar-refractivity contribution in [2.24, 2.45) is 5.92 Å². The molecule has 4 heteroatoms.